The normalized spacial score (nSPS) is 9.69. The lowest BCUT2D eigenvalue weighted by Crippen LogP contribution is -2.18. The van der Waals surface area contributed by atoms with E-state index < -0.39 is 0 Å². The Morgan fingerprint density at radius 1 is 1.62 bits per heavy atom. The Morgan fingerprint density at radius 3 is 2.92 bits per heavy atom. The van der Waals surface area contributed by atoms with E-state index in [-0.39, 0.29) is 5.91 Å². The van der Waals surface area contributed by atoms with Crippen LogP contribution in [0.3, 0.4) is 0 Å². The molecule has 1 amide bonds. The number of carbonyl (C=O) groups is 1. The molecule has 0 unspecified atom stereocenters. The van der Waals surface area contributed by atoms with Gasteiger partial charge in [0.2, 0.25) is 5.91 Å². The van der Waals surface area contributed by atoms with Gasteiger partial charge in [-0.05, 0) is 12.5 Å². The highest BCUT2D eigenvalue weighted by Gasteiger charge is 2.10. The second-order valence-corrected chi connectivity index (χ2v) is 3.64. The molecule has 0 saturated carbocycles. The molecule has 0 heterocycles. The van der Waals surface area contributed by atoms with Gasteiger partial charge in [0.05, 0.1) is 28.6 Å². The largest absolute Gasteiger partial charge is 0.274 e. The third-order valence-corrected chi connectivity index (χ3v) is 2.64. The van der Waals surface area contributed by atoms with Crippen LogP contribution in [0.25, 0.3) is 0 Å². The summed E-state index contributed by atoms with van der Waals surface area (Å²) in [6.45, 7) is 2.00. The molecule has 1 rings (SSSR count). The third kappa shape index (κ3) is 2.99. The molecule has 1 aromatic carbocycles. The van der Waals surface area contributed by atoms with Crippen LogP contribution in [0.5, 0.6) is 0 Å². The predicted molar refractivity (Wildman–Crippen MR) is 61.7 cm³/mol. The lowest BCUT2D eigenvalue weighted by atomic mass is 10.3. The molecule has 0 fully saturated rings. The Hall–Kier alpha value is -0.580. The van der Waals surface area contributed by atoms with Crippen LogP contribution < -0.4 is 3.11 Å². The van der Waals surface area contributed by atoms with Crippen molar-refractivity contribution in [3.05, 3.63) is 30.3 Å². The quantitative estimate of drug-likeness (QED) is 0.618. The summed E-state index contributed by atoms with van der Waals surface area (Å²) in [5.41, 5.74) is 0.821. The highest BCUT2D eigenvalue weighted by Crippen LogP contribution is 2.18. The van der Waals surface area contributed by atoms with Crippen molar-refractivity contribution in [3.8, 4) is 0 Å². The summed E-state index contributed by atoms with van der Waals surface area (Å²) in [5, 5.41) is 0. The summed E-state index contributed by atoms with van der Waals surface area (Å²) in [5.74, 6) is 0.130. The zero-order chi connectivity index (χ0) is 9.68. The molecule has 0 aliphatic heterocycles. The van der Waals surface area contributed by atoms with Crippen molar-refractivity contribution in [2.24, 2.45) is 0 Å². The molecule has 13 heavy (non-hydrogen) atoms. The van der Waals surface area contributed by atoms with Gasteiger partial charge in [0.1, 0.15) is 0 Å². The molecular weight excluding hydrogens is 277 g/mol. The van der Waals surface area contributed by atoms with Gasteiger partial charge < -0.3 is 0 Å². The smallest absolute Gasteiger partial charge is 0.235 e. The zero-order valence-corrected chi connectivity index (χ0v) is 9.61. The van der Waals surface area contributed by atoms with Crippen molar-refractivity contribution in [2.75, 3.05) is 3.11 Å². The Labute approximate surface area is 92.4 Å². The zero-order valence-electron chi connectivity index (χ0n) is 7.46. The lowest BCUT2D eigenvalue weighted by Gasteiger charge is -2.13. The molecule has 0 bridgehead atoms. The van der Waals surface area contributed by atoms with Gasteiger partial charge in [-0.25, -0.2) is 0 Å². The van der Waals surface area contributed by atoms with Gasteiger partial charge in [0, 0.05) is 12.5 Å². The summed E-state index contributed by atoms with van der Waals surface area (Å²) in [7, 11) is 0. The molecule has 0 saturated heterocycles. The van der Waals surface area contributed by atoms with E-state index in [2.05, 4.69) is 6.07 Å². The highest BCUT2D eigenvalue weighted by atomic mass is 127. The first-order valence-electron chi connectivity index (χ1n) is 4.21. The molecule has 0 aromatic heterocycles. The van der Waals surface area contributed by atoms with Crippen LogP contribution >= 0.6 is 22.9 Å². The Morgan fingerprint density at radius 2 is 2.38 bits per heavy atom. The third-order valence-electron chi connectivity index (χ3n) is 1.59. The standard InChI is InChI=1S/C10H11INO/c1-2-6-10(13)12(11)9-7-4-3-5-8-9/h3-5,7H,2,6H2,1H3. The van der Waals surface area contributed by atoms with Crippen molar-refractivity contribution >= 4 is 34.5 Å². The van der Waals surface area contributed by atoms with Crippen molar-refractivity contribution in [2.45, 2.75) is 19.8 Å². The summed E-state index contributed by atoms with van der Waals surface area (Å²) in [6, 6.07) is 10.5. The van der Waals surface area contributed by atoms with Gasteiger partial charge in [-0.15, -0.1) is 0 Å². The number of benzene rings is 1. The van der Waals surface area contributed by atoms with E-state index in [1.165, 1.54) is 0 Å². The maximum atomic E-state index is 11.4. The van der Waals surface area contributed by atoms with Gasteiger partial charge in [-0.3, -0.25) is 7.91 Å². The predicted octanol–water partition coefficient (Wildman–Crippen LogP) is 2.97. The van der Waals surface area contributed by atoms with Crippen LogP contribution in [0.15, 0.2) is 24.3 Å². The van der Waals surface area contributed by atoms with E-state index in [0.29, 0.717) is 6.42 Å². The number of amides is 1. The maximum absolute atomic E-state index is 11.4. The van der Waals surface area contributed by atoms with E-state index in [1.54, 1.807) is 9.18 Å². The van der Waals surface area contributed by atoms with Crippen LogP contribution in [0.4, 0.5) is 5.69 Å². The number of carbonyl (C=O) groups excluding carboxylic acids is 1. The van der Waals surface area contributed by atoms with E-state index in [4.69, 9.17) is 0 Å². The molecule has 1 aromatic rings. The second-order valence-electron chi connectivity index (χ2n) is 2.67. The van der Waals surface area contributed by atoms with Crippen molar-refractivity contribution < 1.29 is 4.79 Å². The van der Waals surface area contributed by atoms with E-state index >= 15 is 0 Å². The molecule has 69 valence electrons. The van der Waals surface area contributed by atoms with Crippen LogP contribution in [0.1, 0.15) is 19.8 Å². The van der Waals surface area contributed by atoms with Gasteiger partial charge >= 0.3 is 0 Å². The first-order valence-corrected chi connectivity index (χ1v) is 5.17. The highest BCUT2D eigenvalue weighted by molar-refractivity contribution is 14.1. The van der Waals surface area contributed by atoms with Gasteiger partial charge in [-0.1, -0.05) is 25.1 Å². The SMILES string of the molecule is CCCC(=O)N(I)c1[c]cccc1. The molecule has 2 nitrogen and oxygen atoms in total. The van der Waals surface area contributed by atoms with Crippen molar-refractivity contribution in [1.82, 2.24) is 0 Å². The number of para-hydroxylation sites is 1. The number of rotatable bonds is 3. The minimum absolute atomic E-state index is 0.130. The molecule has 1 radical (unpaired) electrons. The fourth-order valence-electron chi connectivity index (χ4n) is 0.952. The molecule has 0 spiro atoms. The average Bonchev–Trinajstić information content (AvgIpc) is 2.18. The first kappa shape index (κ1) is 10.5. The maximum Gasteiger partial charge on any atom is 0.235 e. The molecule has 3 heteroatoms. The number of nitrogens with zero attached hydrogens (tertiary/aromatic N) is 1. The minimum Gasteiger partial charge on any atom is -0.274 e. The fraction of sp³-hybridized carbons (Fsp3) is 0.300. The number of anilines is 1. The van der Waals surface area contributed by atoms with E-state index in [0.717, 1.165) is 12.1 Å². The number of halogens is 1. The number of hydrogen-bond donors (Lipinski definition) is 0. The van der Waals surface area contributed by atoms with Crippen molar-refractivity contribution in [3.63, 3.8) is 0 Å². The monoisotopic (exact) mass is 288 g/mol. The van der Waals surface area contributed by atoms with Crippen LogP contribution in [0, 0.1) is 6.07 Å². The Bertz CT molecular complexity index is 274. The van der Waals surface area contributed by atoms with E-state index in [9.17, 15) is 4.79 Å². The van der Waals surface area contributed by atoms with Crippen molar-refractivity contribution in [1.29, 1.82) is 0 Å². The van der Waals surface area contributed by atoms with Gasteiger partial charge in [-0.2, -0.15) is 0 Å². The van der Waals surface area contributed by atoms with Crippen LogP contribution in [0.2, 0.25) is 0 Å². The molecule has 0 aliphatic carbocycles. The van der Waals surface area contributed by atoms with Crippen LogP contribution in [-0.2, 0) is 4.79 Å². The fourth-order valence-corrected chi connectivity index (χ4v) is 1.49. The van der Waals surface area contributed by atoms with E-state index in [1.807, 2.05) is 48.0 Å². The lowest BCUT2D eigenvalue weighted by molar-refractivity contribution is -0.117. The Balaban J connectivity index is 2.68. The minimum atomic E-state index is 0.130. The topological polar surface area (TPSA) is 20.3 Å². The summed E-state index contributed by atoms with van der Waals surface area (Å²) in [6.07, 6.45) is 1.47. The molecule has 0 aliphatic rings. The number of hydrogen-bond acceptors (Lipinski definition) is 1. The molecule has 0 atom stereocenters. The summed E-state index contributed by atoms with van der Waals surface area (Å²) < 4.78 is 1.61. The second kappa shape index (κ2) is 5.21. The Kier molecular flexibility index (Phi) is 4.21. The summed E-state index contributed by atoms with van der Waals surface area (Å²) in [4.78, 5) is 11.4. The summed E-state index contributed by atoms with van der Waals surface area (Å²) >= 11 is 2.01. The average molecular weight is 288 g/mol. The van der Waals surface area contributed by atoms with Gasteiger partial charge in [0.15, 0.2) is 0 Å². The van der Waals surface area contributed by atoms with Crippen LogP contribution in [-0.4, -0.2) is 5.91 Å². The molecular formula is C10H11INO. The molecule has 0 N–H and O–H groups in total. The first-order chi connectivity index (χ1) is 6.25. The van der Waals surface area contributed by atoms with Gasteiger partial charge in [0.25, 0.3) is 0 Å².